The average molecular weight is 201 g/mol. The van der Waals surface area contributed by atoms with Gasteiger partial charge >= 0.3 is 0 Å². The Morgan fingerprint density at radius 3 is 3.08 bits per heavy atom. The molecule has 0 spiro atoms. The van der Waals surface area contributed by atoms with Crippen molar-refractivity contribution in [3.63, 3.8) is 0 Å². The van der Waals surface area contributed by atoms with Crippen molar-refractivity contribution in [2.75, 3.05) is 13.1 Å². The lowest BCUT2D eigenvalue weighted by Crippen LogP contribution is -2.20. The summed E-state index contributed by atoms with van der Waals surface area (Å²) >= 11 is 6.00. The molecule has 0 amide bonds. The van der Waals surface area contributed by atoms with Crippen molar-refractivity contribution in [3.05, 3.63) is 11.9 Å². The summed E-state index contributed by atoms with van der Waals surface area (Å²) in [6, 6.07) is 0. The van der Waals surface area contributed by atoms with Gasteiger partial charge in [-0.2, -0.15) is 0 Å². The number of hydrogen-bond acceptors (Lipinski definition) is 3. The fourth-order valence-electron chi connectivity index (χ4n) is 1.63. The fraction of sp³-hybridized carbons (Fsp3) is 0.750. The molecule has 4 nitrogen and oxygen atoms in total. The van der Waals surface area contributed by atoms with E-state index in [1.807, 2.05) is 13.2 Å². The molecule has 0 radical (unpaired) electrons. The normalized spacial score (nSPS) is 24.0. The Hall–Kier alpha value is -0.610. The molecule has 72 valence electrons. The van der Waals surface area contributed by atoms with Gasteiger partial charge in [0.25, 0.3) is 0 Å². The average Bonchev–Trinajstić information content (AvgIpc) is 2.62. The second-order valence-corrected chi connectivity index (χ2v) is 4.12. The molecule has 2 heterocycles. The van der Waals surface area contributed by atoms with Crippen LogP contribution >= 0.6 is 11.6 Å². The highest BCUT2D eigenvalue weighted by Crippen LogP contribution is 2.16. The van der Waals surface area contributed by atoms with Crippen LogP contribution < -0.4 is 0 Å². The lowest BCUT2D eigenvalue weighted by Gasteiger charge is -2.11. The van der Waals surface area contributed by atoms with E-state index in [2.05, 4.69) is 15.2 Å². The van der Waals surface area contributed by atoms with Gasteiger partial charge in [-0.15, -0.1) is 16.7 Å². The molecule has 0 saturated carbocycles. The van der Waals surface area contributed by atoms with Gasteiger partial charge in [-0.3, -0.25) is 9.58 Å². The predicted octanol–water partition coefficient (Wildman–Crippen LogP) is 0.628. The third kappa shape index (κ3) is 2.19. The molecule has 2 rings (SSSR count). The van der Waals surface area contributed by atoms with E-state index in [0.29, 0.717) is 5.38 Å². The number of aromatic nitrogens is 3. The van der Waals surface area contributed by atoms with Crippen LogP contribution in [0.4, 0.5) is 0 Å². The molecule has 1 saturated heterocycles. The van der Waals surface area contributed by atoms with Crippen molar-refractivity contribution in [1.29, 1.82) is 0 Å². The van der Waals surface area contributed by atoms with Crippen molar-refractivity contribution in [2.45, 2.75) is 18.3 Å². The number of halogens is 1. The van der Waals surface area contributed by atoms with Crippen molar-refractivity contribution in [3.8, 4) is 0 Å². The molecule has 0 N–H and O–H groups in total. The summed E-state index contributed by atoms with van der Waals surface area (Å²) in [7, 11) is 1.88. The van der Waals surface area contributed by atoms with Crippen molar-refractivity contribution >= 4 is 11.6 Å². The van der Waals surface area contributed by atoms with Crippen LogP contribution in [0.5, 0.6) is 0 Å². The topological polar surface area (TPSA) is 34.0 Å². The van der Waals surface area contributed by atoms with Crippen molar-refractivity contribution in [1.82, 2.24) is 19.9 Å². The van der Waals surface area contributed by atoms with Gasteiger partial charge < -0.3 is 0 Å². The Bertz CT molecular complexity index is 285. The van der Waals surface area contributed by atoms with Crippen LogP contribution in [0.15, 0.2) is 6.20 Å². The van der Waals surface area contributed by atoms with Crippen LogP contribution in [0.1, 0.15) is 12.1 Å². The Morgan fingerprint density at radius 1 is 1.69 bits per heavy atom. The first-order valence-electron chi connectivity index (χ1n) is 4.45. The molecule has 0 aromatic carbocycles. The second kappa shape index (κ2) is 3.64. The maximum atomic E-state index is 6.00. The molecule has 1 fully saturated rings. The number of aryl methyl sites for hydroxylation is 1. The summed E-state index contributed by atoms with van der Waals surface area (Å²) in [5.41, 5.74) is 1.02. The predicted molar refractivity (Wildman–Crippen MR) is 50.5 cm³/mol. The summed E-state index contributed by atoms with van der Waals surface area (Å²) in [6.07, 6.45) is 3.03. The molecule has 1 aromatic rings. The van der Waals surface area contributed by atoms with Gasteiger partial charge in [-0.1, -0.05) is 5.21 Å². The highest BCUT2D eigenvalue weighted by Gasteiger charge is 2.20. The van der Waals surface area contributed by atoms with Crippen LogP contribution in [0.3, 0.4) is 0 Å². The zero-order chi connectivity index (χ0) is 9.26. The molecular formula is C8H13ClN4. The van der Waals surface area contributed by atoms with Gasteiger partial charge in [-0.05, 0) is 6.42 Å². The van der Waals surface area contributed by atoms with Gasteiger partial charge in [-0.25, -0.2) is 0 Å². The molecular weight excluding hydrogens is 188 g/mol. The third-order valence-electron chi connectivity index (χ3n) is 2.25. The Morgan fingerprint density at radius 2 is 2.54 bits per heavy atom. The molecule has 1 atom stereocenters. The van der Waals surface area contributed by atoms with E-state index in [-0.39, 0.29) is 0 Å². The number of alkyl halides is 1. The first kappa shape index (κ1) is 8.97. The van der Waals surface area contributed by atoms with Crippen LogP contribution in [0.25, 0.3) is 0 Å². The zero-order valence-corrected chi connectivity index (χ0v) is 8.41. The summed E-state index contributed by atoms with van der Waals surface area (Å²) in [5, 5.41) is 8.23. The van der Waals surface area contributed by atoms with E-state index in [1.54, 1.807) is 4.68 Å². The zero-order valence-electron chi connectivity index (χ0n) is 7.65. The Labute approximate surface area is 82.5 Å². The number of rotatable bonds is 2. The van der Waals surface area contributed by atoms with E-state index in [1.165, 1.54) is 0 Å². The lowest BCUT2D eigenvalue weighted by molar-refractivity contribution is 0.327. The Kier molecular flexibility index (Phi) is 2.51. The third-order valence-corrected chi connectivity index (χ3v) is 2.61. The minimum Gasteiger partial charge on any atom is -0.296 e. The summed E-state index contributed by atoms with van der Waals surface area (Å²) in [4.78, 5) is 2.31. The smallest absolute Gasteiger partial charge is 0.0967 e. The van der Waals surface area contributed by atoms with E-state index < -0.39 is 0 Å². The van der Waals surface area contributed by atoms with Crippen molar-refractivity contribution < 1.29 is 0 Å². The first-order chi connectivity index (χ1) is 6.24. The monoisotopic (exact) mass is 200 g/mol. The summed E-state index contributed by atoms with van der Waals surface area (Å²) in [5.74, 6) is 0. The molecule has 0 aliphatic carbocycles. The SMILES string of the molecule is Cn1cc(CN2CCC(Cl)C2)nn1. The minimum absolute atomic E-state index is 0.316. The molecule has 5 heteroatoms. The molecule has 1 aromatic heterocycles. The highest BCUT2D eigenvalue weighted by molar-refractivity contribution is 6.20. The standard InChI is InChI=1S/C8H13ClN4/c1-12-5-8(10-11-12)6-13-3-2-7(9)4-13/h5,7H,2-4,6H2,1H3. The van der Waals surface area contributed by atoms with Gasteiger partial charge in [0.1, 0.15) is 0 Å². The van der Waals surface area contributed by atoms with Gasteiger partial charge in [0.2, 0.25) is 0 Å². The van der Waals surface area contributed by atoms with Crippen molar-refractivity contribution in [2.24, 2.45) is 7.05 Å². The van der Waals surface area contributed by atoms with E-state index in [0.717, 1.165) is 31.7 Å². The van der Waals surface area contributed by atoms with E-state index >= 15 is 0 Å². The highest BCUT2D eigenvalue weighted by atomic mass is 35.5. The summed E-state index contributed by atoms with van der Waals surface area (Å²) in [6.45, 7) is 2.92. The van der Waals surface area contributed by atoms with Gasteiger partial charge in [0, 0.05) is 38.3 Å². The minimum atomic E-state index is 0.316. The maximum Gasteiger partial charge on any atom is 0.0967 e. The Balaban J connectivity index is 1.91. The van der Waals surface area contributed by atoms with Gasteiger partial charge in [0.05, 0.1) is 5.69 Å². The lowest BCUT2D eigenvalue weighted by atomic mass is 10.4. The number of likely N-dealkylation sites (tertiary alicyclic amines) is 1. The van der Waals surface area contributed by atoms with Crippen LogP contribution in [0, 0.1) is 0 Å². The van der Waals surface area contributed by atoms with Crippen LogP contribution in [0.2, 0.25) is 0 Å². The number of nitrogens with zero attached hydrogens (tertiary/aromatic N) is 4. The maximum absolute atomic E-state index is 6.00. The van der Waals surface area contributed by atoms with E-state index in [4.69, 9.17) is 11.6 Å². The van der Waals surface area contributed by atoms with E-state index in [9.17, 15) is 0 Å². The van der Waals surface area contributed by atoms with Gasteiger partial charge in [0.15, 0.2) is 0 Å². The van der Waals surface area contributed by atoms with Crippen LogP contribution in [-0.4, -0.2) is 38.4 Å². The molecule has 1 aliphatic rings. The second-order valence-electron chi connectivity index (χ2n) is 3.50. The quantitative estimate of drug-likeness (QED) is 0.657. The number of hydrogen-bond donors (Lipinski definition) is 0. The molecule has 0 bridgehead atoms. The fourth-order valence-corrected chi connectivity index (χ4v) is 1.92. The molecule has 13 heavy (non-hydrogen) atoms. The molecule has 1 unspecified atom stereocenters. The largest absolute Gasteiger partial charge is 0.296 e. The molecule has 1 aliphatic heterocycles. The van der Waals surface area contributed by atoms with Crippen LogP contribution in [-0.2, 0) is 13.6 Å². The summed E-state index contributed by atoms with van der Waals surface area (Å²) < 4.78 is 1.73. The first-order valence-corrected chi connectivity index (χ1v) is 4.89.